The molecule has 4 heteroatoms. The van der Waals surface area contributed by atoms with Gasteiger partial charge in [0, 0.05) is 24.7 Å². The largest absolute Gasteiger partial charge is 0.465 e. The van der Waals surface area contributed by atoms with Gasteiger partial charge in [-0.25, -0.2) is 4.79 Å². The van der Waals surface area contributed by atoms with Gasteiger partial charge in [0.2, 0.25) is 0 Å². The van der Waals surface area contributed by atoms with E-state index < -0.39 is 6.09 Å². The van der Waals surface area contributed by atoms with Crippen molar-refractivity contribution in [3.8, 4) is 0 Å². The van der Waals surface area contributed by atoms with E-state index in [1.807, 2.05) is 30.3 Å². The first kappa shape index (κ1) is 12.5. The molecule has 102 valence electrons. The van der Waals surface area contributed by atoms with E-state index in [0.29, 0.717) is 18.6 Å². The van der Waals surface area contributed by atoms with Gasteiger partial charge in [0.1, 0.15) is 0 Å². The third-order valence-corrected chi connectivity index (χ3v) is 4.33. The topological polar surface area (TPSA) is 52.6 Å². The maximum atomic E-state index is 11.5. The van der Waals surface area contributed by atoms with Crippen LogP contribution < -0.4 is 5.32 Å². The van der Waals surface area contributed by atoms with Gasteiger partial charge in [-0.3, -0.25) is 0 Å². The van der Waals surface area contributed by atoms with E-state index in [-0.39, 0.29) is 6.04 Å². The summed E-state index contributed by atoms with van der Waals surface area (Å²) in [6.45, 7) is 0.500. The lowest BCUT2D eigenvalue weighted by atomic mass is 9.98. The summed E-state index contributed by atoms with van der Waals surface area (Å²) in [5, 5.41) is 13.0. The van der Waals surface area contributed by atoms with Gasteiger partial charge in [-0.2, -0.15) is 0 Å². The number of nitrogens with zero attached hydrogens (tertiary/aromatic N) is 1. The zero-order valence-electron chi connectivity index (χ0n) is 11.0. The molecule has 2 atom stereocenters. The molecule has 0 aromatic heterocycles. The molecule has 1 amide bonds. The van der Waals surface area contributed by atoms with Gasteiger partial charge in [0.15, 0.2) is 0 Å². The van der Waals surface area contributed by atoms with Crippen LogP contribution in [0, 0.1) is 0 Å². The minimum Gasteiger partial charge on any atom is -0.465 e. The summed E-state index contributed by atoms with van der Waals surface area (Å²) >= 11 is 0. The number of hydrogen-bond donors (Lipinski definition) is 2. The average Bonchev–Trinajstić information content (AvgIpc) is 2.76. The maximum Gasteiger partial charge on any atom is 0.407 e. The van der Waals surface area contributed by atoms with Crippen molar-refractivity contribution in [2.45, 2.75) is 50.4 Å². The summed E-state index contributed by atoms with van der Waals surface area (Å²) in [6.07, 6.45) is 3.50. The number of amides is 1. The maximum absolute atomic E-state index is 11.5. The van der Waals surface area contributed by atoms with Gasteiger partial charge in [-0.1, -0.05) is 30.3 Å². The van der Waals surface area contributed by atoms with Crippen LogP contribution in [0.15, 0.2) is 30.3 Å². The van der Waals surface area contributed by atoms with Crippen molar-refractivity contribution >= 4 is 6.09 Å². The van der Waals surface area contributed by atoms with Gasteiger partial charge in [0.05, 0.1) is 0 Å². The molecule has 2 aliphatic rings. The van der Waals surface area contributed by atoms with Gasteiger partial charge in [-0.15, -0.1) is 0 Å². The minimum atomic E-state index is -0.796. The van der Waals surface area contributed by atoms with E-state index in [9.17, 15) is 9.90 Å². The Morgan fingerprint density at radius 1 is 1.21 bits per heavy atom. The average molecular weight is 260 g/mol. The van der Waals surface area contributed by atoms with Crippen LogP contribution in [-0.4, -0.2) is 34.2 Å². The molecule has 2 N–H and O–H groups in total. The Kier molecular flexibility index (Phi) is 3.42. The molecule has 2 unspecified atom stereocenters. The highest BCUT2D eigenvalue weighted by Gasteiger charge is 2.37. The molecule has 2 fully saturated rings. The van der Waals surface area contributed by atoms with Crippen LogP contribution in [0.3, 0.4) is 0 Å². The van der Waals surface area contributed by atoms with E-state index in [0.717, 1.165) is 18.4 Å². The van der Waals surface area contributed by atoms with Crippen LogP contribution >= 0.6 is 0 Å². The van der Waals surface area contributed by atoms with Crippen molar-refractivity contribution in [1.82, 2.24) is 10.2 Å². The standard InChI is InChI=1S/C15H20N2O2/c18-15(19)17(10-11-4-2-1-3-5-11)14-8-12-6-7-13(9-14)16-12/h1-5,12-14,16H,6-10H2,(H,18,19). The highest BCUT2D eigenvalue weighted by atomic mass is 16.4. The molecule has 0 saturated carbocycles. The highest BCUT2D eigenvalue weighted by Crippen LogP contribution is 2.30. The molecule has 2 heterocycles. The Balaban J connectivity index is 1.72. The smallest absolute Gasteiger partial charge is 0.407 e. The van der Waals surface area contributed by atoms with Crippen molar-refractivity contribution < 1.29 is 9.90 Å². The minimum absolute atomic E-state index is 0.163. The Bertz CT molecular complexity index is 437. The molecule has 2 bridgehead atoms. The SMILES string of the molecule is O=C(O)N(Cc1ccccc1)C1CC2CCC(C1)N2. The molecule has 1 aromatic carbocycles. The van der Waals surface area contributed by atoms with Gasteiger partial charge in [-0.05, 0) is 31.2 Å². The summed E-state index contributed by atoms with van der Waals surface area (Å²) < 4.78 is 0. The van der Waals surface area contributed by atoms with Crippen molar-refractivity contribution in [2.24, 2.45) is 0 Å². The number of nitrogens with one attached hydrogen (secondary N) is 1. The number of piperidine rings is 1. The first-order valence-electron chi connectivity index (χ1n) is 7.02. The Hall–Kier alpha value is -1.55. The van der Waals surface area contributed by atoms with Crippen LogP contribution in [0.25, 0.3) is 0 Å². The second-order valence-electron chi connectivity index (χ2n) is 5.66. The Morgan fingerprint density at radius 3 is 2.42 bits per heavy atom. The second kappa shape index (κ2) is 5.21. The third-order valence-electron chi connectivity index (χ3n) is 4.33. The van der Waals surface area contributed by atoms with E-state index in [2.05, 4.69) is 5.32 Å². The molecule has 0 aliphatic carbocycles. The highest BCUT2D eigenvalue weighted by molar-refractivity contribution is 5.65. The van der Waals surface area contributed by atoms with Crippen molar-refractivity contribution in [1.29, 1.82) is 0 Å². The fourth-order valence-electron chi connectivity index (χ4n) is 3.41. The summed E-state index contributed by atoms with van der Waals surface area (Å²) in [6, 6.07) is 11.1. The number of carbonyl (C=O) groups is 1. The van der Waals surface area contributed by atoms with Crippen LogP contribution in [0.1, 0.15) is 31.2 Å². The summed E-state index contributed by atoms with van der Waals surface area (Å²) in [5.41, 5.74) is 1.07. The molecule has 2 saturated heterocycles. The van der Waals surface area contributed by atoms with Crippen molar-refractivity contribution in [3.05, 3.63) is 35.9 Å². The van der Waals surface area contributed by atoms with Crippen LogP contribution in [0.2, 0.25) is 0 Å². The second-order valence-corrected chi connectivity index (χ2v) is 5.66. The Labute approximate surface area is 113 Å². The number of benzene rings is 1. The van der Waals surface area contributed by atoms with Gasteiger partial charge in [0.25, 0.3) is 0 Å². The molecular weight excluding hydrogens is 240 g/mol. The summed E-state index contributed by atoms with van der Waals surface area (Å²) in [7, 11) is 0. The quantitative estimate of drug-likeness (QED) is 0.877. The lowest BCUT2D eigenvalue weighted by molar-refractivity contribution is 0.101. The van der Waals surface area contributed by atoms with Crippen LogP contribution in [-0.2, 0) is 6.54 Å². The molecular formula is C15H20N2O2. The molecule has 1 aromatic rings. The van der Waals surface area contributed by atoms with E-state index in [1.54, 1.807) is 4.90 Å². The molecule has 2 aliphatic heterocycles. The first-order chi connectivity index (χ1) is 9.22. The molecule has 3 rings (SSSR count). The van der Waals surface area contributed by atoms with Crippen molar-refractivity contribution in [2.75, 3.05) is 0 Å². The van der Waals surface area contributed by atoms with Gasteiger partial charge < -0.3 is 15.3 Å². The number of fused-ring (bicyclic) bond motifs is 2. The first-order valence-corrected chi connectivity index (χ1v) is 7.02. The fourth-order valence-corrected chi connectivity index (χ4v) is 3.41. The predicted molar refractivity (Wildman–Crippen MR) is 73.0 cm³/mol. The van der Waals surface area contributed by atoms with Crippen LogP contribution in [0.4, 0.5) is 4.79 Å². The van der Waals surface area contributed by atoms with E-state index in [1.165, 1.54) is 12.8 Å². The zero-order valence-corrected chi connectivity index (χ0v) is 11.0. The predicted octanol–water partition coefficient (Wildman–Crippen LogP) is 2.45. The lowest BCUT2D eigenvalue weighted by Crippen LogP contribution is -2.49. The molecule has 19 heavy (non-hydrogen) atoms. The fraction of sp³-hybridized carbons (Fsp3) is 0.533. The van der Waals surface area contributed by atoms with Crippen molar-refractivity contribution in [3.63, 3.8) is 0 Å². The van der Waals surface area contributed by atoms with E-state index in [4.69, 9.17) is 0 Å². The number of carboxylic acid groups (broad SMARTS) is 1. The third kappa shape index (κ3) is 2.73. The zero-order chi connectivity index (χ0) is 13.2. The van der Waals surface area contributed by atoms with Crippen LogP contribution in [0.5, 0.6) is 0 Å². The summed E-state index contributed by atoms with van der Waals surface area (Å²) in [4.78, 5) is 13.2. The molecule has 0 spiro atoms. The lowest BCUT2D eigenvalue weighted by Gasteiger charge is -2.36. The monoisotopic (exact) mass is 260 g/mol. The molecule has 4 nitrogen and oxygen atoms in total. The van der Waals surface area contributed by atoms with E-state index >= 15 is 0 Å². The van der Waals surface area contributed by atoms with Gasteiger partial charge >= 0.3 is 6.09 Å². The molecule has 0 radical (unpaired) electrons. The number of hydrogen-bond acceptors (Lipinski definition) is 2. The Morgan fingerprint density at radius 2 is 1.84 bits per heavy atom. The normalized spacial score (nSPS) is 29.2. The number of rotatable bonds is 3. The summed E-state index contributed by atoms with van der Waals surface area (Å²) in [5.74, 6) is 0.